The Kier molecular flexibility index (Phi) is 3.53. The van der Waals surface area contributed by atoms with Gasteiger partial charge in [-0.25, -0.2) is 4.98 Å². The zero-order valence-electron chi connectivity index (χ0n) is 9.41. The Morgan fingerprint density at radius 3 is 2.47 bits per heavy atom. The minimum absolute atomic E-state index is 0.00182. The van der Waals surface area contributed by atoms with Crippen molar-refractivity contribution < 1.29 is 17.9 Å². The molecule has 0 unspecified atom stereocenters. The number of nitrogens with two attached hydrogens (primary N) is 1. The third kappa shape index (κ3) is 3.29. The van der Waals surface area contributed by atoms with Crippen molar-refractivity contribution >= 4 is 17.3 Å². The number of ether oxygens (including phenoxy) is 1. The summed E-state index contributed by atoms with van der Waals surface area (Å²) in [5, 5.41) is 0.399. The Morgan fingerprint density at radius 2 is 1.89 bits per heavy atom. The molecule has 19 heavy (non-hydrogen) atoms. The molecule has 0 aliphatic heterocycles. The summed E-state index contributed by atoms with van der Waals surface area (Å²) in [6.45, 7) is 0. The van der Waals surface area contributed by atoms with Crippen LogP contribution in [0.1, 0.15) is 5.56 Å². The lowest BCUT2D eigenvalue weighted by atomic mass is 10.3. The summed E-state index contributed by atoms with van der Waals surface area (Å²) < 4.78 is 42.3. The third-order valence-corrected chi connectivity index (χ3v) is 2.49. The molecule has 100 valence electrons. The fraction of sp³-hybridized carbons (Fsp3) is 0.0833. The largest absolute Gasteiger partial charge is 0.437 e. The topological polar surface area (TPSA) is 48.1 Å². The normalized spacial score (nSPS) is 11.4. The first-order valence-corrected chi connectivity index (χ1v) is 5.50. The molecular weight excluding hydrogens is 281 g/mol. The lowest BCUT2D eigenvalue weighted by Gasteiger charge is -2.09. The van der Waals surface area contributed by atoms with Gasteiger partial charge in [-0.15, -0.1) is 0 Å². The highest BCUT2D eigenvalue weighted by Gasteiger charge is 2.30. The number of rotatable bonds is 2. The standard InChI is InChI=1S/C12H8ClF3N2O/c13-8-2-3-9(17)10(5-8)19-11-4-1-7(6-18-11)12(14,15)16/h1-6H,17H2. The second-order valence-electron chi connectivity index (χ2n) is 3.67. The van der Waals surface area contributed by atoms with E-state index < -0.39 is 11.7 Å². The van der Waals surface area contributed by atoms with Gasteiger partial charge in [0, 0.05) is 23.4 Å². The predicted octanol–water partition coefficient (Wildman–Crippen LogP) is 4.13. The first-order chi connectivity index (χ1) is 8.86. The number of benzene rings is 1. The molecule has 0 saturated carbocycles. The maximum absolute atomic E-state index is 12.3. The number of hydrogen-bond donors (Lipinski definition) is 1. The maximum Gasteiger partial charge on any atom is 0.417 e. The number of halogens is 4. The Morgan fingerprint density at radius 1 is 1.16 bits per heavy atom. The lowest BCUT2D eigenvalue weighted by molar-refractivity contribution is -0.137. The molecule has 0 aliphatic carbocycles. The first-order valence-electron chi connectivity index (χ1n) is 5.12. The number of anilines is 1. The summed E-state index contributed by atoms with van der Waals surface area (Å²) in [7, 11) is 0. The van der Waals surface area contributed by atoms with E-state index in [0.717, 1.165) is 12.1 Å². The molecule has 2 rings (SSSR count). The van der Waals surface area contributed by atoms with Crippen molar-refractivity contribution in [3.8, 4) is 11.6 Å². The van der Waals surface area contributed by atoms with Gasteiger partial charge in [-0.3, -0.25) is 0 Å². The highest BCUT2D eigenvalue weighted by Crippen LogP contribution is 2.32. The molecule has 0 bridgehead atoms. The average molecular weight is 289 g/mol. The van der Waals surface area contributed by atoms with Crippen molar-refractivity contribution in [2.24, 2.45) is 0 Å². The fourth-order valence-electron chi connectivity index (χ4n) is 1.32. The van der Waals surface area contributed by atoms with Gasteiger partial charge in [0.2, 0.25) is 5.88 Å². The second kappa shape index (κ2) is 4.97. The lowest BCUT2D eigenvalue weighted by Crippen LogP contribution is -2.05. The number of nitrogen functional groups attached to an aromatic ring is 1. The SMILES string of the molecule is Nc1ccc(Cl)cc1Oc1ccc(C(F)(F)F)cn1. The van der Waals surface area contributed by atoms with E-state index in [-0.39, 0.29) is 11.6 Å². The number of alkyl halides is 3. The number of aromatic nitrogens is 1. The highest BCUT2D eigenvalue weighted by atomic mass is 35.5. The minimum atomic E-state index is -4.43. The van der Waals surface area contributed by atoms with Crippen molar-refractivity contribution in [1.29, 1.82) is 0 Å². The zero-order chi connectivity index (χ0) is 14.0. The van der Waals surface area contributed by atoms with Crippen LogP contribution in [-0.4, -0.2) is 4.98 Å². The van der Waals surface area contributed by atoms with E-state index in [1.807, 2.05) is 0 Å². The molecule has 0 amide bonds. The summed E-state index contributed by atoms with van der Waals surface area (Å²) in [6.07, 6.45) is -3.74. The van der Waals surface area contributed by atoms with Crippen LogP contribution in [0.2, 0.25) is 5.02 Å². The highest BCUT2D eigenvalue weighted by molar-refractivity contribution is 6.30. The van der Waals surface area contributed by atoms with Gasteiger partial charge >= 0.3 is 6.18 Å². The molecule has 1 heterocycles. The molecule has 0 fully saturated rings. The number of pyridine rings is 1. The molecule has 1 aromatic heterocycles. The van der Waals surface area contributed by atoms with E-state index in [4.69, 9.17) is 22.1 Å². The molecule has 3 nitrogen and oxygen atoms in total. The van der Waals surface area contributed by atoms with Crippen LogP contribution in [0.25, 0.3) is 0 Å². The summed E-state index contributed by atoms with van der Waals surface area (Å²) in [5.41, 5.74) is 5.11. The first kappa shape index (κ1) is 13.5. The van der Waals surface area contributed by atoms with E-state index in [1.54, 1.807) is 6.07 Å². The van der Waals surface area contributed by atoms with E-state index in [1.165, 1.54) is 12.1 Å². The molecule has 0 aliphatic rings. The monoisotopic (exact) mass is 288 g/mol. The van der Waals surface area contributed by atoms with Gasteiger partial charge in [-0.1, -0.05) is 11.6 Å². The van der Waals surface area contributed by atoms with E-state index in [2.05, 4.69) is 4.98 Å². The number of hydrogen-bond acceptors (Lipinski definition) is 3. The number of nitrogens with zero attached hydrogens (tertiary/aromatic N) is 1. The van der Waals surface area contributed by atoms with Crippen molar-refractivity contribution in [3.05, 3.63) is 47.1 Å². The van der Waals surface area contributed by atoms with Crippen molar-refractivity contribution in [2.75, 3.05) is 5.73 Å². The van der Waals surface area contributed by atoms with Gasteiger partial charge in [-0.05, 0) is 18.2 Å². The fourth-order valence-corrected chi connectivity index (χ4v) is 1.48. The van der Waals surface area contributed by atoms with Crippen LogP contribution >= 0.6 is 11.6 Å². The van der Waals surface area contributed by atoms with E-state index >= 15 is 0 Å². The molecule has 2 N–H and O–H groups in total. The zero-order valence-corrected chi connectivity index (χ0v) is 10.2. The molecule has 0 radical (unpaired) electrons. The Hall–Kier alpha value is -1.95. The van der Waals surface area contributed by atoms with Gasteiger partial charge < -0.3 is 10.5 Å². The predicted molar refractivity (Wildman–Crippen MR) is 65.2 cm³/mol. The van der Waals surface area contributed by atoms with Gasteiger partial charge in [-0.2, -0.15) is 13.2 Å². The smallest absolute Gasteiger partial charge is 0.417 e. The van der Waals surface area contributed by atoms with Crippen LogP contribution < -0.4 is 10.5 Å². The van der Waals surface area contributed by atoms with E-state index in [9.17, 15) is 13.2 Å². The molecule has 0 spiro atoms. The van der Waals surface area contributed by atoms with Crippen LogP contribution in [0.4, 0.5) is 18.9 Å². The van der Waals surface area contributed by atoms with Gasteiger partial charge in [0.05, 0.1) is 11.3 Å². The Balaban J connectivity index is 2.22. The van der Waals surface area contributed by atoms with Crippen LogP contribution in [0.15, 0.2) is 36.5 Å². The van der Waals surface area contributed by atoms with Gasteiger partial charge in [0.1, 0.15) is 0 Å². The van der Waals surface area contributed by atoms with Gasteiger partial charge in [0.25, 0.3) is 0 Å². The molecular formula is C12H8ClF3N2O. The van der Waals surface area contributed by atoms with Gasteiger partial charge in [0.15, 0.2) is 5.75 Å². The quantitative estimate of drug-likeness (QED) is 0.845. The van der Waals surface area contributed by atoms with Crippen LogP contribution in [-0.2, 0) is 6.18 Å². The van der Waals surface area contributed by atoms with Crippen LogP contribution in [0.5, 0.6) is 11.6 Å². The van der Waals surface area contributed by atoms with Crippen molar-refractivity contribution in [3.63, 3.8) is 0 Å². The van der Waals surface area contributed by atoms with Crippen molar-refractivity contribution in [2.45, 2.75) is 6.18 Å². The summed E-state index contributed by atoms with van der Waals surface area (Å²) in [4.78, 5) is 3.57. The average Bonchev–Trinajstić information content (AvgIpc) is 2.33. The molecule has 0 atom stereocenters. The third-order valence-electron chi connectivity index (χ3n) is 2.25. The molecule has 1 aromatic carbocycles. The second-order valence-corrected chi connectivity index (χ2v) is 4.10. The van der Waals surface area contributed by atoms with Crippen molar-refractivity contribution in [1.82, 2.24) is 4.98 Å². The summed E-state index contributed by atoms with van der Waals surface area (Å²) in [5.74, 6) is 0.238. The minimum Gasteiger partial charge on any atom is -0.437 e. The summed E-state index contributed by atoms with van der Waals surface area (Å²) in [6, 6.07) is 6.55. The Bertz CT molecular complexity index is 585. The molecule has 2 aromatic rings. The maximum atomic E-state index is 12.3. The molecule has 7 heteroatoms. The van der Waals surface area contributed by atoms with Crippen LogP contribution in [0.3, 0.4) is 0 Å². The van der Waals surface area contributed by atoms with E-state index in [0.29, 0.717) is 16.9 Å². The summed E-state index contributed by atoms with van der Waals surface area (Å²) >= 11 is 5.76. The van der Waals surface area contributed by atoms with Crippen LogP contribution in [0, 0.1) is 0 Å². The Labute approximate surface area is 111 Å². The molecule has 0 saturated heterocycles.